The lowest BCUT2D eigenvalue weighted by Gasteiger charge is -2.47. The number of aromatic amines is 1. The van der Waals surface area contributed by atoms with Gasteiger partial charge >= 0.3 is 0 Å². The van der Waals surface area contributed by atoms with Crippen molar-refractivity contribution in [2.75, 3.05) is 40.0 Å². The van der Waals surface area contributed by atoms with Gasteiger partial charge in [-0.2, -0.15) is 0 Å². The molecule has 2 aromatic carbocycles. The molecule has 4 heterocycles. The molecule has 2 aromatic heterocycles. The van der Waals surface area contributed by atoms with Crippen molar-refractivity contribution in [1.29, 1.82) is 0 Å². The molecule has 6 rings (SSSR count). The Morgan fingerprint density at radius 2 is 1.89 bits per heavy atom. The Balaban J connectivity index is 1.14. The fourth-order valence-corrected chi connectivity index (χ4v) is 5.62. The van der Waals surface area contributed by atoms with Crippen LogP contribution < -0.4 is 9.47 Å². The molecule has 2 aliphatic rings. The minimum Gasteiger partial charge on any atom is -0.496 e. The van der Waals surface area contributed by atoms with Crippen molar-refractivity contribution in [3.8, 4) is 17.4 Å². The number of H-pyrrole nitrogens is 1. The van der Waals surface area contributed by atoms with Gasteiger partial charge in [0, 0.05) is 22.0 Å². The molecule has 2 saturated heterocycles. The number of likely N-dealkylation sites (tertiary alicyclic amines) is 1. The van der Waals surface area contributed by atoms with Crippen LogP contribution in [0, 0.1) is 18.2 Å². The second kappa shape index (κ2) is 9.91. The predicted molar refractivity (Wildman–Crippen MR) is 141 cm³/mol. The van der Waals surface area contributed by atoms with Gasteiger partial charge in [-0.05, 0) is 94.6 Å². The smallest absolute Gasteiger partial charge is 0.230 e. The third-order valence-electron chi connectivity index (χ3n) is 7.95. The summed E-state index contributed by atoms with van der Waals surface area (Å²) in [5.74, 6) is 0.791. The van der Waals surface area contributed by atoms with E-state index in [4.69, 9.17) is 14.2 Å². The maximum absolute atomic E-state index is 15.1. The molecule has 7 nitrogen and oxygen atoms in total. The van der Waals surface area contributed by atoms with Crippen molar-refractivity contribution in [1.82, 2.24) is 19.9 Å². The molecule has 4 aromatic rings. The summed E-state index contributed by atoms with van der Waals surface area (Å²) in [5, 5.41) is 1.18. The molecule has 0 bridgehead atoms. The molecule has 0 amide bonds. The van der Waals surface area contributed by atoms with Gasteiger partial charge in [0.25, 0.3) is 0 Å². The minimum atomic E-state index is -0.415. The SMILES string of the molecule is COc1cc2c(Oc3ccc4[nH]c(C)cc4c3F)ncnc2cc1CCCCN1CCC2(CC1)COC2. The number of methoxy groups -OCH3 is 1. The number of fused-ring (bicyclic) bond motifs is 2. The van der Waals surface area contributed by atoms with E-state index in [-0.39, 0.29) is 5.75 Å². The van der Waals surface area contributed by atoms with Crippen molar-refractivity contribution in [3.63, 3.8) is 0 Å². The third-order valence-corrected chi connectivity index (χ3v) is 7.95. The van der Waals surface area contributed by atoms with E-state index in [2.05, 4.69) is 19.9 Å². The highest BCUT2D eigenvalue weighted by molar-refractivity contribution is 5.87. The quantitative estimate of drug-likeness (QED) is 0.306. The van der Waals surface area contributed by atoms with Crippen LogP contribution in [0.5, 0.6) is 17.4 Å². The van der Waals surface area contributed by atoms with Crippen LogP contribution in [0.2, 0.25) is 0 Å². The average Bonchev–Trinajstić information content (AvgIpc) is 3.28. The average molecular weight is 505 g/mol. The van der Waals surface area contributed by atoms with E-state index in [9.17, 15) is 0 Å². The number of unbranched alkanes of at least 4 members (excludes halogenated alkanes) is 1. The second-order valence-electron chi connectivity index (χ2n) is 10.5. The number of nitrogens with one attached hydrogen (secondary N) is 1. The van der Waals surface area contributed by atoms with E-state index in [1.54, 1.807) is 19.2 Å². The first-order chi connectivity index (χ1) is 18.0. The number of benzene rings is 2. The number of ether oxygens (including phenoxy) is 3. The van der Waals surface area contributed by atoms with Gasteiger partial charge in [-0.25, -0.2) is 14.4 Å². The van der Waals surface area contributed by atoms with Crippen LogP contribution >= 0.6 is 0 Å². The van der Waals surface area contributed by atoms with Crippen LogP contribution in [0.25, 0.3) is 21.8 Å². The van der Waals surface area contributed by atoms with Crippen molar-refractivity contribution >= 4 is 21.8 Å². The van der Waals surface area contributed by atoms with Crippen LogP contribution in [0.15, 0.2) is 36.7 Å². The summed E-state index contributed by atoms with van der Waals surface area (Å²) in [4.78, 5) is 14.5. The fourth-order valence-electron chi connectivity index (χ4n) is 5.62. The van der Waals surface area contributed by atoms with Crippen LogP contribution in [-0.4, -0.2) is 59.8 Å². The van der Waals surface area contributed by atoms with Gasteiger partial charge in [0.05, 0.1) is 31.2 Å². The highest BCUT2D eigenvalue weighted by atomic mass is 19.1. The molecule has 0 unspecified atom stereocenters. The second-order valence-corrected chi connectivity index (χ2v) is 10.5. The van der Waals surface area contributed by atoms with Gasteiger partial charge in [0.2, 0.25) is 5.88 Å². The van der Waals surface area contributed by atoms with E-state index >= 15 is 4.39 Å². The van der Waals surface area contributed by atoms with E-state index in [1.807, 2.05) is 25.1 Å². The molecule has 0 atom stereocenters. The maximum atomic E-state index is 15.1. The summed E-state index contributed by atoms with van der Waals surface area (Å²) in [5.41, 5.74) is 3.98. The summed E-state index contributed by atoms with van der Waals surface area (Å²) in [6.07, 6.45) is 7.10. The van der Waals surface area contributed by atoms with Gasteiger partial charge in [0.15, 0.2) is 11.6 Å². The molecule has 0 aliphatic carbocycles. The molecule has 37 heavy (non-hydrogen) atoms. The zero-order valence-electron chi connectivity index (χ0n) is 21.5. The number of aromatic nitrogens is 3. The molecular weight excluding hydrogens is 471 g/mol. The molecule has 194 valence electrons. The zero-order chi connectivity index (χ0) is 25.4. The minimum absolute atomic E-state index is 0.128. The van der Waals surface area contributed by atoms with Gasteiger partial charge in [-0.1, -0.05) is 0 Å². The number of hydrogen-bond donors (Lipinski definition) is 1. The molecule has 0 saturated carbocycles. The Labute approximate surface area is 215 Å². The van der Waals surface area contributed by atoms with Gasteiger partial charge in [-0.3, -0.25) is 0 Å². The van der Waals surface area contributed by atoms with Gasteiger partial charge < -0.3 is 24.1 Å². The summed E-state index contributed by atoms with van der Waals surface area (Å²) < 4.78 is 32.2. The zero-order valence-corrected chi connectivity index (χ0v) is 21.5. The molecule has 2 fully saturated rings. The number of nitrogens with zero attached hydrogens (tertiary/aromatic N) is 3. The summed E-state index contributed by atoms with van der Waals surface area (Å²) in [6.45, 7) is 7.29. The number of aryl methyl sites for hydroxylation is 2. The Hall–Kier alpha value is -3.23. The summed E-state index contributed by atoms with van der Waals surface area (Å²) >= 11 is 0. The van der Waals surface area contributed by atoms with Crippen molar-refractivity contribution in [3.05, 3.63) is 53.7 Å². The Morgan fingerprint density at radius 1 is 1.05 bits per heavy atom. The largest absolute Gasteiger partial charge is 0.496 e. The van der Waals surface area contributed by atoms with E-state index < -0.39 is 5.82 Å². The number of halogens is 1. The van der Waals surface area contributed by atoms with E-state index in [0.29, 0.717) is 22.1 Å². The van der Waals surface area contributed by atoms with E-state index in [1.165, 1.54) is 32.3 Å². The lowest BCUT2D eigenvalue weighted by molar-refractivity contribution is -0.139. The standard InChI is InChI=1S/C29H33FN4O3/c1-19-13-21-23(33-19)6-7-25(27(21)30)37-28-22-15-26(35-2)20(14-24(22)31-18-32-28)5-3-4-10-34-11-8-29(9-12-34)16-36-17-29/h6-7,13-15,18,33H,3-5,8-12,16-17H2,1-2H3. The van der Waals surface area contributed by atoms with Crippen LogP contribution in [0.1, 0.15) is 36.9 Å². The van der Waals surface area contributed by atoms with Gasteiger partial charge in [0.1, 0.15) is 12.1 Å². The first kappa shape index (κ1) is 24.1. The van der Waals surface area contributed by atoms with Crippen molar-refractivity contribution in [2.45, 2.75) is 39.0 Å². The number of rotatable bonds is 8. The molecular formula is C29H33FN4O3. The monoisotopic (exact) mass is 504 g/mol. The Bertz CT molecular complexity index is 1420. The fraction of sp³-hybridized carbons (Fsp3) is 0.448. The van der Waals surface area contributed by atoms with E-state index in [0.717, 1.165) is 67.1 Å². The molecule has 1 spiro atoms. The van der Waals surface area contributed by atoms with Crippen LogP contribution in [0.3, 0.4) is 0 Å². The lowest BCUT2D eigenvalue weighted by Crippen LogP contribution is -2.50. The lowest BCUT2D eigenvalue weighted by atomic mass is 9.77. The highest BCUT2D eigenvalue weighted by Gasteiger charge is 2.40. The van der Waals surface area contributed by atoms with Crippen molar-refractivity contribution < 1.29 is 18.6 Å². The third kappa shape index (κ3) is 4.76. The van der Waals surface area contributed by atoms with Crippen LogP contribution in [-0.2, 0) is 11.2 Å². The predicted octanol–water partition coefficient (Wildman–Crippen LogP) is 5.79. The summed E-state index contributed by atoms with van der Waals surface area (Å²) in [7, 11) is 1.67. The molecule has 2 aliphatic heterocycles. The maximum Gasteiger partial charge on any atom is 0.230 e. The topological polar surface area (TPSA) is 72.5 Å². The highest BCUT2D eigenvalue weighted by Crippen LogP contribution is 2.38. The first-order valence-corrected chi connectivity index (χ1v) is 13.1. The Kier molecular flexibility index (Phi) is 6.46. The Morgan fingerprint density at radius 3 is 2.65 bits per heavy atom. The number of piperidine rings is 1. The van der Waals surface area contributed by atoms with Gasteiger partial charge in [-0.15, -0.1) is 0 Å². The molecule has 0 radical (unpaired) electrons. The van der Waals surface area contributed by atoms with Crippen LogP contribution in [0.4, 0.5) is 4.39 Å². The summed E-state index contributed by atoms with van der Waals surface area (Å²) in [6, 6.07) is 9.15. The first-order valence-electron chi connectivity index (χ1n) is 13.1. The number of hydrogen-bond acceptors (Lipinski definition) is 6. The molecule has 8 heteroatoms. The molecule has 1 N–H and O–H groups in total. The normalized spacial score (nSPS) is 17.4. The van der Waals surface area contributed by atoms with Crippen molar-refractivity contribution in [2.24, 2.45) is 5.41 Å².